The summed E-state index contributed by atoms with van der Waals surface area (Å²) < 4.78 is 14.5. The first-order chi connectivity index (χ1) is 18.3. The lowest BCUT2D eigenvalue weighted by atomic mass is 10.1. The second-order valence-corrected chi connectivity index (χ2v) is 10.9. The van der Waals surface area contributed by atoms with Gasteiger partial charge in [-0.2, -0.15) is 0 Å². The maximum absolute atomic E-state index is 11.7. The summed E-state index contributed by atoms with van der Waals surface area (Å²) in [5, 5.41) is 20.9. The molecular weight excluding hydrogens is 592 g/mol. The van der Waals surface area contributed by atoms with E-state index in [0.29, 0.717) is 44.1 Å². The average Bonchev–Trinajstić information content (AvgIpc) is 3.23. The topological polar surface area (TPSA) is 92.3 Å². The first-order valence-electron chi connectivity index (χ1n) is 11.9. The van der Waals surface area contributed by atoms with Gasteiger partial charge in [-0.1, -0.05) is 53.7 Å². The van der Waals surface area contributed by atoms with Gasteiger partial charge in [0.15, 0.2) is 16.7 Å². The van der Waals surface area contributed by atoms with E-state index in [1.54, 1.807) is 12.1 Å². The van der Waals surface area contributed by atoms with Crippen LogP contribution in [0.25, 0.3) is 5.69 Å². The molecule has 11 heteroatoms. The Morgan fingerprint density at radius 2 is 1.89 bits per heavy atom. The van der Waals surface area contributed by atoms with Gasteiger partial charge in [0, 0.05) is 21.2 Å². The molecule has 1 aromatic heterocycles. The van der Waals surface area contributed by atoms with E-state index in [2.05, 4.69) is 26.1 Å². The van der Waals surface area contributed by atoms with Crippen LogP contribution in [0.15, 0.2) is 70.3 Å². The number of aryl methyl sites for hydroxylation is 2. The molecule has 8 nitrogen and oxygen atoms in total. The average molecular weight is 618 g/mol. The molecule has 0 aliphatic rings. The van der Waals surface area contributed by atoms with Crippen molar-refractivity contribution in [3.05, 3.63) is 103 Å². The van der Waals surface area contributed by atoms with Crippen molar-refractivity contribution < 1.29 is 14.4 Å². The van der Waals surface area contributed by atoms with Crippen molar-refractivity contribution in [3.8, 4) is 17.2 Å². The van der Waals surface area contributed by atoms with Gasteiger partial charge in [0.1, 0.15) is 17.7 Å². The molecule has 0 saturated carbocycles. The summed E-state index contributed by atoms with van der Waals surface area (Å²) in [6.07, 6.45) is 0. The van der Waals surface area contributed by atoms with Crippen LogP contribution in [0.3, 0.4) is 0 Å². The molecule has 1 heterocycles. The standard InChI is InChI=1S/C27H26BrClN4O4S/c1-4-36-24-14-20(13-22(28)26(24)37-16-19-9-5-6-11-23(19)29)25(15-32(34)35)38-27-31-30-18(3)33(27)21-10-7-8-17(2)12-21/h5-14,25H,4,15-16H2,1-3H3/t25-/m0/s1. The Morgan fingerprint density at radius 1 is 1.11 bits per heavy atom. The van der Waals surface area contributed by atoms with Crippen LogP contribution in [0, 0.1) is 24.0 Å². The largest absolute Gasteiger partial charge is 0.490 e. The monoisotopic (exact) mass is 616 g/mol. The van der Waals surface area contributed by atoms with Crippen LogP contribution in [-0.4, -0.2) is 32.8 Å². The molecule has 0 saturated heterocycles. The Kier molecular flexibility index (Phi) is 9.30. The molecule has 0 unspecified atom stereocenters. The summed E-state index contributed by atoms with van der Waals surface area (Å²) in [5.74, 6) is 1.67. The fraction of sp³-hybridized carbons (Fsp3) is 0.259. The predicted octanol–water partition coefficient (Wildman–Crippen LogP) is 7.39. The quantitative estimate of drug-likeness (QED) is 0.0984. The lowest BCUT2D eigenvalue weighted by Crippen LogP contribution is -2.12. The molecule has 1 atom stereocenters. The number of aromatic nitrogens is 3. The lowest BCUT2D eigenvalue weighted by Gasteiger charge is -2.19. The van der Waals surface area contributed by atoms with E-state index >= 15 is 0 Å². The van der Waals surface area contributed by atoms with Crippen molar-refractivity contribution in [1.29, 1.82) is 0 Å². The molecule has 0 aliphatic heterocycles. The molecule has 0 N–H and O–H groups in total. The minimum absolute atomic E-state index is 0.240. The maximum Gasteiger partial charge on any atom is 0.220 e. The molecule has 0 fully saturated rings. The van der Waals surface area contributed by atoms with E-state index in [-0.39, 0.29) is 18.1 Å². The van der Waals surface area contributed by atoms with Gasteiger partial charge in [-0.05, 0) is 78.2 Å². The molecule has 3 aromatic carbocycles. The summed E-state index contributed by atoms with van der Waals surface area (Å²) in [6.45, 7) is 6.05. The van der Waals surface area contributed by atoms with Gasteiger partial charge in [0.2, 0.25) is 6.54 Å². The molecule has 0 spiro atoms. The number of nitrogens with zero attached hydrogens (tertiary/aromatic N) is 4. The third-order valence-corrected chi connectivity index (χ3v) is 7.79. The highest BCUT2D eigenvalue weighted by Gasteiger charge is 2.26. The van der Waals surface area contributed by atoms with E-state index in [1.165, 1.54) is 11.8 Å². The van der Waals surface area contributed by atoms with Gasteiger partial charge in [0.05, 0.1) is 11.1 Å². The number of thioether (sulfide) groups is 1. The first-order valence-corrected chi connectivity index (χ1v) is 13.9. The summed E-state index contributed by atoms with van der Waals surface area (Å²) in [7, 11) is 0. The van der Waals surface area contributed by atoms with E-state index in [9.17, 15) is 10.1 Å². The third kappa shape index (κ3) is 6.67. The first kappa shape index (κ1) is 27.9. The Balaban J connectivity index is 1.68. The van der Waals surface area contributed by atoms with Gasteiger partial charge < -0.3 is 9.47 Å². The fourth-order valence-corrected chi connectivity index (χ4v) is 5.82. The van der Waals surface area contributed by atoms with Crippen LogP contribution in [0.5, 0.6) is 11.5 Å². The number of rotatable bonds is 11. The lowest BCUT2D eigenvalue weighted by molar-refractivity contribution is -0.479. The van der Waals surface area contributed by atoms with Crippen molar-refractivity contribution >= 4 is 39.3 Å². The van der Waals surface area contributed by atoms with E-state index in [0.717, 1.165) is 16.8 Å². The van der Waals surface area contributed by atoms with Crippen LogP contribution >= 0.6 is 39.3 Å². The Morgan fingerprint density at radius 3 is 2.61 bits per heavy atom. The van der Waals surface area contributed by atoms with Crippen LogP contribution in [0.1, 0.15) is 34.7 Å². The fourth-order valence-electron chi connectivity index (χ4n) is 3.90. The van der Waals surface area contributed by atoms with Gasteiger partial charge in [0.25, 0.3) is 0 Å². The molecule has 0 radical (unpaired) electrons. The second kappa shape index (κ2) is 12.6. The Hall–Kier alpha value is -3.08. The van der Waals surface area contributed by atoms with Crippen molar-refractivity contribution in [2.45, 2.75) is 37.8 Å². The predicted molar refractivity (Wildman–Crippen MR) is 152 cm³/mol. The number of hydrogen-bond donors (Lipinski definition) is 0. The highest BCUT2D eigenvalue weighted by atomic mass is 79.9. The van der Waals surface area contributed by atoms with Crippen LogP contribution in [-0.2, 0) is 6.61 Å². The SMILES string of the molecule is CCOc1cc([C@H](C[N+](=O)[O-])Sc2nnc(C)n2-c2cccc(C)c2)cc(Br)c1OCc1ccccc1Cl. The van der Waals surface area contributed by atoms with Crippen LogP contribution in [0.2, 0.25) is 5.02 Å². The van der Waals surface area contributed by atoms with Crippen molar-refractivity contribution in [2.75, 3.05) is 13.2 Å². The number of hydrogen-bond acceptors (Lipinski definition) is 7. The normalized spacial score (nSPS) is 11.8. The van der Waals surface area contributed by atoms with E-state index in [1.807, 2.05) is 73.9 Å². The number of halogens is 2. The molecule has 198 valence electrons. The van der Waals surface area contributed by atoms with Crippen molar-refractivity contribution in [3.63, 3.8) is 0 Å². The molecule has 0 amide bonds. The zero-order valence-corrected chi connectivity index (χ0v) is 24.2. The third-order valence-electron chi connectivity index (χ3n) is 5.65. The van der Waals surface area contributed by atoms with Gasteiger partial charge in [-0.3, -0.25) is 14.7 Å². The zero-order valence-electron chi connectivity index (χ0n) is 21.1. The number of nitro groups is 1. The number of benzene rings is 3. The van der Waals surface area contributed by atoms with E-state index < -0.39 is 5.25 Å². The highest BCUT2D eigenvalue weighted by Crippen LogP contribution is 2.43. The molecule has 38 heavy (non-hydrogen) atoms. The summed E-state index contributed by atoms with van der Waals surface area (Å²) in [6, 6.07) is 19.0. The van der Waals surface area contributed by atoms with Crippen LogP contribution < -0.4 is 9.47 Å². The maximum atomic E-state index is 11.7. The van der Waals surface area contributed by atoms with E-state index in [4.69, 9.17) is 21.1 Å². The summed E-state index contributed by atoms with van der Waals surface area (Å²) in [4.78, 5) is 11.4. The van der Waals surface area contributed by atoms with Gasteiger partial charge >= 0.3 is 0 Å². The summed E-state index contributed by atoms with van der Waals surface area (Å²) >= 11 is 11.2. The molecule has 0 aliphatic carbocycles. The Bertz CT molecular complexity index is 1450. The Labute approximate surface area is 238 Å². The molecule has 4 rings (SSSR count). The minimum atomic E-state index is -0.565. The zero-order chi connectivity index (χ0) is 27.2. The highest BCUT2D eigenvalue weighted by molar-refractivity contribution is 9.10. The molecule has 0 bridgehead atoms. The second-order valence-electron chi connectivity index (χ2n) is 8.47. The van der Waals surface area contributed by atoms with Gasteiger partial charge in [-0.15, -0.1) is 10.2 Å². The molecular formula is C27H26BrClN4O4S. The van der Waals surface area contributed by atoms with Gasteiger partial charge in [-0.25, -0.2) is 0 Å². The smallest absolute Gasteiger partial charge is 0.220 e. The molecule has 4 aromatic rings. The number of ether oxygens (including phenoxy) is 2. The van der Waals surface area contributed by atoms with Crippen molar-refractivity contribution in [2.24, 2.45) is 0 Å². The van der Waals surface area contributed by atoms with Crippen LogP contribution in [0.4, 0.5) is 0 Å². The minimum Gasteiger partial charge on any atom is -0.490 e. The van der Waals surface area contributed by atoms with Crippen molar-refractivity contribution in [1.82, 2.24) is 14.8 Å². The summed E-state index contributed by atoms with van der Waals surface area (Å²) in [5.41, 5.74) is 3.52.